The molecule has 1 aromatic heterocycles. The molecule has 2 heterocycles. The van der Waals surface area contributed by atoms with Crippen molar-refractivity contribution in [1.82, 2.24) is 36.1 Å². The first-order valence-corrected chi connectivity index (χ1v) is 18.3. The van der Waals surface area contributed by atoms with E-state index in [-0.39, 0.29) is 37.6 Å². The van der Waals surface area contributed by atoms with Crippen LogP contribution in [0.2, 0.25) is 0 Å². The van der Waals surface area contributed by atoms with Gasteiger partial charge in [-0.2, -0.15) is 0 Å². The number of aromatic nitrogens is 2. The Morgan fingerprint density at radius 3 is 2.06 bits per heavy atom. The zero-order valence-electron chi connectivity index (χ0n) is 31.7. The highest BCUT2D eigenvalue weighted by Crippen LogP contribution is 2.25. The molecule has 1 aliphatic heterocycles. The average molecular weight is 742 g/mol. The normalized spacial score (nSPS) is 17.6. The Morgan fingerprint density at radius 1 is 0.815 bits per heavy atom. The molecule has 14 nitrogen and oxygen atoms in total. The van der Waals surface area contributed by atoms with Crippen molar-refractivity contribution < 1.29 is 33.5 Å². The van der Waals surface area contributed by atoms with Crippen LogP contribution >= 0.6 is 0 Å². The van der Waals surface area contributed by atoms with Crippen molar-refractivity contribution in [1.29, 1.82) is 0 Å². The van der Waals surface area contributed by atoms with Gasteiger partial charge in [-0.05, 0) is 36.3 Å². The minimum atomic E-state index is -1.15. The van der Waals surface area contributed by atoms with Gasteiger partial charge < -0.3 is 30.9 Å². The van der Waals surface area contributed by atoms with E-state index in [9.17, 15) is 28.8 Å². The van der Waals surface area contributed by atoms with Crippen LogP contribution in [-0.4, -0.2) is 87.0 Å². The molecule has 14 heteroatoms. The number of Topliss-reactive ketones (excluding diaryl/α,β-unsaturated/α-hetero) is 1. The highest BCUT2D eigenvalue weighted by atomic mass is 16.5. The average Bonchev–Trinajstić information content (AvgIpc) is 3.62. The summed E-state index contributed by atoms with van der Waals surface area (Å²) in [4.78, 5) is 90.6. The molecule has 2 aromatic carbocycles. The van der Waals surface area contributed by atoms with Crippen LogP contribution in [0, 0.1) is 11.8 Å². The Balaban J connectivity index is 1.52. The fourth-order valence-corrected chi connectivity index (χ4v) is 6.17. The molecule has 288 valence electrons. The number of carbonyl (C=O) groups excluding carboxylic acids is 6. The minimum absolute atomic E-state index is 0.0342. The third-order valence-electron chi connectivity index (χ3n) is 9.35. The summed E-state index contributed by atoms with van der Waals surface area (Å²) in [5, 5.41) is 10.9. The van der Waals surface area contributed by atoms with Gasteiger partial charge in [0, 0.05) is 25.4 Å². The van der Waals surface area contributed by atoms with E-state index in [0.29, 0.717) is 0 Å². The predicted octanol–water partition coefficient (Wildman–Crippen LogP) is 2.90. The van der Waals surface area contributed by atoms with E-state index in [1.54, 1.807) is 41.5 Å². The number of ketones is 1. The number of ether oxygens (including phenoxy) is 1. The molecule has 0 saturated carbocycles. The molecule has 54 heavy (non-hydrogen) atoms. The highest BCUT2D eigenvalue weighted by Gasteiger charge is 2.44. The Morgan fingerprint density at radius 2 is 1.46 bits per heavy atom. The van der Waals surface area contributed by atoms with Gasteiger partial charge in [0.15, 0.2) is 0 Å². The van der Waals surface area contributed by atoms with E-state index in [1.807, 2.05) is 60.7 Å². The second kappa shape index (κ2) is 19.5. The number of nitrogens with one attached hydrogen (secondary N) is 4. The summed E-state index contributed by atoms with van der Waals surface area (Å²) in [6, 6.07) is 13.9. The van der Waals surface area contributed by atoms with Gasteiger partial charge in [0.05, 0.1) is 31.0 Å². The molecule has 3 aromatic rings. The lowest BCUT2D eigenvalue weighted by Gasteiger charge is -2.32. The van der Waals surface area contributed by atoms with Crippen molar-refractivity contribution in [2.45, 2.75) is 97.3 Å². The Bertz CT molecular complexity index is 1740. The van der Waals surface area contributed by atoms with Crippen LogP contribution in [-0.2, 0) is 35.3 Å². The predicted molar refractivity (Wildman–Crippen MR) is 200 cm³/mol. The van der Waals surface area contributed by atoms with Gasteiger partial charge in [-0.15, -0.1) is 0 Å². The third-order valence-corrected chi connectivity index (χ3v) is 9.35. The fourth-order valence-electron chi connectivity index (χ4n) is 6.17. The van der Waals surface area contributed by atoms with Crippen LogP contribution in [0.15, 0.2) is 79.3 Å². The molecular formula is C40H51N7O7. The summed E-state index contributed by atoms with van der Waals surface area (Å²) >= 11 is 0. The molecule has 1 saturated heterocycles. The van der Waals surface area contributed by atoms with E-state index in [1.165, 1.54) is 23.5 Å². The molecule has 4 rings (SSSR count). The maximum Gasteiger partial charge on any atom is 0.290 e. The fraction of sp³-hybridized carbons (Fsp3) is 0.450. The maximum atomic E-state index is 14.4. The second-order valence-electron chi connectivity index (χ2n) is 14.1. The first kappa shape index (κ1) is 41.3. The van der Waals surface area contributed by atoms with Crippen molar-refractivity contribution in [3.05, 3.63) is 96.1 Å². The molecule has 0 bridgehead atoms. The van der Waals surface area contributed by atoms with Gasteiger partial charge in [0.1, 0.15) is 23.8 Å². The van der Waals surface area contributed by atoms with Crippen LogP contribution in [0.5, 0.6) is 0 Å². The first-order valence-electron chi connectivity index (χ1n) is 18.3. The lowest BCUT2D eigenvalue weighted by Crippen LogP contribution is -2.59. The quantitative estimate of drug-likeness (QED) is 0.151. The van der Waals surface area contributed by atoms with Crippen LogP contribution in [0.3, 0.4) is 0 Å². The molecule has 0 unspecified atom stereocenters. The molecule has 1 aliphatic rings. The van der Waals surface area contributed by atoms with Crippen molar-refractivity contribution in [2.75, 3.05) is 6.54 Å². The maximum absolute atomic E-state index is 14.4. The lowest BCUT2D eigenvalue weighted by molar-refractivity contribution is -0.144. The smallest absolute Gasteiger partial charge is 0.290 e. The summed E-state index contributed by atoms with van der Waals surface area (Å²) in [7, 11) is 0. The summed E-state index contributed by atoms with van der Waals surface area (Å²) in [5.74, 6) is -4.75. The lowest BCUT2D eigenvalue weighted by atomic mass is 9.98. The van der Waals surface area contributed by atoms with E-state index in [4.69, 9.17) is 4.74 Å². The number of hydrogen-bond acceptors (Lipinski definition) is 9. The van der Waals surface area contributed by atoms with E-state index >= 15 is 0 Å². The van der Waals surface area contributed by atoms with Gasteiger partial charge >= 0.3 is 0 Å². The second-order valence-corrected chi connectivity index (χ2v) is 14.1. The number of carbonyl (C=O) groups is 6. The monoisotopic (exact) mass is 741 g/mol. The van der Waals surface area contributed by atoms with Crippen molar-refractivity contribution in [3.8, 4) is 0 Å². The Labute approximate surface area is 316 Å². The van der Waals surface area contributed by atoms with Gasteiger partial charge in [0.25, 0.3) is 11.8 Å². The molecule has 0 radical (unpaired) electrons. The molecule has 0 spiro atoms. The minimum Gasteiger partial charge on any atom is -0.372 e. The number of amides is 5. The number of likely N-dealkylation sites (tertiary alicyclic amines) is 1. The van der Waals surface area contributed by atoms with Crippen LogP contribution in [0.1, 0.15) is 82.0 Å². The van der Waals surface area contributed by atoms with Crippen molar-refractivity contribution in [2.24, 2.45) is 11.8 Å². The van der Waals surface area contributed by atoms with Gasteiger partial charge in [-0.25, -0.2) is 4.98 Å². The van der Waals surface area contributed by atoms with E-state index in [0.717, 1.165) is 11.1 Å². The van der Waals surface area contributed by atoms with E-state index < -0.39 is 77.6 Å². The third kappa shape index (κ3) is 11.0. The first-order chi connectivity index (χ1) is 25.8. The van der Waals surface area contributed by atoms with Gasteiger partial charge in [0.2, 0.25) is 23.5 Å². The number of nitrogens with zero attached hydrogens (tertiary/aromatic N) is 3. The zero-order chi connectivity index (χ0) is 39.4. The van der Waals surface area contributed by atoms with Crippen LogP contribution in [0.4, 0.5) is 0 Å². The molecule has 1 fully saturated rings. The molecule has 5 amide bonds. The zero-order valence-corrected chi connectivity index (χ0v) is 31.7. The van der Waals surface area contributed by atoms with Gasteiger partial charge in [-0.3, -0.25) is 33.8 Å². The van der Waals surface area contributed by atoms with Gasteiger partial charge in [-0.1, -0.05) is 95.3 Å². The van der Waals surface area contributed by atoms with E-state index in [2.05, 4.69) is 31.2 Å². The van der Waals surface area contributed by atoms with Crippen LogP contribution in [0.25, 0.3) is 0 Å². The summed E-state index contributed by atoms with van der Waals surface area (Å²) in [6.07, 6.45) is 3.78. The number of rotatable bonds is 17. The molecule has 0 aliphatic carbocycles. The molecule has 6 atom stereocenters. The van der Waals surface area contributed by atoms with Crippen molar-refractivity contribution in [3.63, 3.8) is 0 Å². The highest BCUT2D eigenvalue weighted by molar-refractivity contribution is 6.38. The summed E-state index contributed by atoms with van der Waals surface area (Å²) < 4.78 is 6.18. The van der Waals surface area contributed by atoms with Crippen molar-refractivity contribution >= 4 is 35.3 Å². The van der Waals surface area contributed by atoms with Crippen LogP contribution < -0.4 is 21.3 Å². The SMILES string of the molecule is CC[C@H](NC(=O)[C@@H]1C[C@@H](OCc2ccccc2)CN1C(=O)[C@H](NC(=O)[C@H](NC(=O)c1cnccn1)C(C)C)C(C)C)C(=O)C(=O)N[C@@H](C)c1ccccc1. The molecular weight excluding hydrogens is 690 g/mol. The number of benzene rings is 2. The summed E-state index contributed by atoms with van der Waals surface area (Å²) in [6.45, 7) is 10.8. The standard InChI is InChI=1S/C40H51N7O7/c1-7-30(35(48)39(52)43-26(6)28-16-12-9-13-17-28)44-37(50)32-20-29(54-23-27-14-10-8-11-15-27)22-47(32)40(53)34(25(4)5)46-38(51)33(24(2)3)45-36(49)31-21-41-18-19-42-31/h8-19,21,24-26,29-30,32-34H,7,20,22-23H2,1-6H3,(H,43,52)(H,44,50)(H,45,49)(H,46,51)/t26-,29+,30-,32-,33+,34+/m0/s1. The largest absolute Gasteiger partial charge is 0.372 e. The Hall–Kier alpha value is -5.50. The topological polar surface area (TPSA) is 189 Å². The summed E-state index contributed by atoms with van der Waals surface area (Å²) in [5.41, 5.74) is 1.76. The number of hydrogen-bond donors (Lipinski definition) is 4. The Kier molecular flexibility index (Phi) is 14.9. The molecule has 4 N–H and O–H groups in total.